The van der Waals surface area contributed by atoms with Crippen LogP contribution >= 0.6 is 0 Å². The highest BCUT2D eigenvalue weighted by Gasteiger charge is 2.62. The van der Waals surface area contributed by atoms with E-state index in [1.165, 1.54) is 5.57 Å². The van der Waals surface area contributed by atoms with Gasteiger partial charge >= 0.3 is 5.97 Å². The monoisotopic (exact) mass is 294 g/mol. The number of esters is 1. The summed E-state index contributed by atoms with van der Waals surface area (Å²) in [6.07, 6.45) is 6.37. The number of hydrogen-bond donors (Lipinski definition) is 0. The molecule has 4 heteroatoms. The highest BCUT2D eigenvalue weighted by atomic mass is 16.6. The molecule has 0 spiro atoms. The Morgan fingerprint density at radius 1 is 1.48 bits per heavy atom. The van der Waals surface area contributed by atoms with Crippen molar-refractivity contribution in [2.24, 2.45) is 11.8 Å². The summed E-state index contributed by atoms with van der Waals surface area (Å²) < 4.78 is 17.1. The third kappa shape index (κ3) is 2.88. The van der Waals surface area contributed by atoms with Gasteiger partial charge in [0.15, 0.2) is 0 Å². The highest BCUT2D eigenvalue weighted by Crippen LogP contribution is 2.50. The summed E-state index contributed by atoms with van der Waals surface area (Å²) in [6.45, 7) is 7.39. The fourth-order valence-corrected chi connectivity index (χ4v) is 3.77. The minimum absolute atomic E-state index is 0.0740. The molecule has 0 bridgehead atoms. The number of rotatable bonds is 3. The maximum absolute atomic E-state index is 12.2. The number of ether oxygens (including phenoxy) is 3. The highest BCUT2D eigenvalue weighted by molar-refractivity contribution is 5.75. The minimum Gasteiger partial charge on any atom is -0.459 e. The fourth-order valence-electron chi connectivity index (χ4n) is 3.77. The standard InChI is InChI=1S/C17H26O4/c1-4-19-10-13-12-8-7-11(2)6-5-9-17(3)15(21-17)14(12)20-16(13)18/h6,12-15H,4-5,7-10H2,1-3H3/b11-6+/t12-,13-,14-,15-,17+/m0/s1. The average Bonchev–Trinajstić information content (AvgIpc) is 3.00. The van der Waals surface area contributed by atoms with Crippen LogP contribution in [0.1, 0.15) is 46.5 Å². The quantitative estimate of drug-likeness (QED) is 0.456. The molecule has 3 rings (SSSR count). The zero-order valence-corrected chi connectivity index (χ0v) is 13.3. The lowest BCUT2D eigenvalue weighted by Crippen LogP contribution is -2.31. The van der Waals surface area contributed by atoms with E-state index < -0.39 is 0 Å². The molecule has 2 aliphatic heterocycles. The van der Waals surface area contributed by atoms with Gasteiger partial charge in [-0.3, -0.25) is 4.79 Å². The van der Waals surface area contributed by atoms with E-state index in [1.807, 2.05) is 6.92 Å². The second-order valence-electron chi connectivity index (χ2n) is 6.81. The molecule has 2 fully saturated rings. The molecule has 0 aromatic heterocycles. The Morgan fingerprint density at radius 3 is 3.05 bits per heavy atom. The van der Waals surface area contributed by atoms with E-state index in [0.717, 1.165) is 25.7 Å². The Bertz CT molecular complexity index is 444. The molecule has 0 amide bonds. The Kier molecular flexibility index (Phi) is 4.10. The van der Waals surface area contributed by atoms with Gasteiger partial charge in [0, 0.05) is 12.5 Å². The normalized spacial score (nSPS) is 45.1. The van der Waals surface area contributed by atoms with Crippen molar-refractivity contribution in [3.8, 4) is 0 Å². The molecule has 0 saturated carbocycles. The molecule has 0 N–H and O–H groups in total. The van der Waals surface area contributed by atoms with E-state index in [-0.39, 0.29) is 35.6 Å². The van der Waals surface area contributed by atoms with Crippen molar-refractivity contribution in [1.29, 1.82) is 0 Å². The molecular weight excluding hydrogens is 268 g/mol. The first-order chi connectivity index (χ1) is 10.0. The molecule has 0 aromatic carbocycles. The lowest BCUT2D eigenvalue weighted by molar-refractivity contribution is -0.146. The molecule has 21 heavy (non-hydrogen) atoms. The largest absolute Gasteiger partial charge is 0.459 e. The number of hydrogen-bond acceptors (Lipinski definition) is 4. The van der Waals surface area contributed by atoms with Gasteiger partial charge in [0.25, 0.3) is 0 Å². The van der Waals surface area contributed by atoms with Crippen molar-refractivity contribution < 1.29 is 19.0 Å². The van der Waals surface area contributed by atoms with Gasteiger partial charge in [0.2, 0.25) is 0 Å². The number of epoxide rings is 1. The molecule has 5 atom stereocenters. The summed E-state index contributed by atoms with van der Waals surface area (Å²) >= 11 is 0. The summed E-state index contributed by atoms with van der Waals surface area (Å²) in [5.74, 6) is -0.00914. The molecule has 3 aliphatic rings. The van der Waals surface area contributed by atoms with E-state index in [1.54, 1.807) is 0 Å². The summed E-state index contributed by atoms with van der Waals surface area (Å²) in [4.78, 5) is 12.2. The van der Waals surface area contributed by atoms with Gasteiger partial charge in [-0.05, 0) is 46.5 Å². The molecule has 1 aliphatic carbocycles. The molecule has 2 saturated heterocycles. The topological polar surface area (TPSA) is 48.1 Å². The first-order valence-electron chi connectivity index (χ1n) is 8.17. The summed E-state index contributed by atoms with van der Waals surface area (Å²) in [5, 5.41) is 0. The maximum Gasteiger partial charge on any atom is 0.312 e. The lowest BCUT2D eigenvalue weighted by atomic mass is 9.81. The molecule has 0 radical (unpaired) electrons. The van der Waals surface area contributed by atoms with Crippen LogP contribution in [0.4, 0.5) is 0 Å². The molecule has 118 valence electrons. The van der Waals surface area contributed by atoms with Crippen LogP contribution < -0.4 is 0 Å². The predicted molar refractivity (Wildman–Crippen MR) is 78.9 cm³/mol. The zero-order valence-electron chi connectivity index (χ0n) is 13.3. The molecule has 2 heterocycles. The molecule has 4 nitrogen and oxygen atoms in total. The van der Waals surface area contributed by atoms with Gasteiger partial charge < -0.3 is 14.2 Å². The molecule has 0 unspecified atom stereocenters. The summed E-state index contributed by atoms with van der Waals surface area (Å²) in [5.41, 5.74) is 1.30. The SMILES string of the molecule is CCOC[C@@H]1C(=O)O[C@H]2[C@H]1CC/C(C)=C/CC[C@@]1(C)O[C@@H]21. The Hall–Kier alpha value is -0.870. The van der Waals surface area contributed by atoms with Crippen LogP contribution in [-0.2, 0) is 19.0 Å². The number of allylic oxidation sites excluding steroid dienone is 2. The van der Waals surface area contributed by atoms with Crippen molar-refractivity contribution in [3.63, 3.8) is 0 Å². The van der Waals surface area contributed by atoms with Crippen molar-refractivity contribution in [3.05, 3.63) is 11.6 Å². The van der Waals surface area contributed by atoms with Crippen molar-refractivity contribution in [2.75, 3.05) is 13.2 Å². The third-order valence-corrected chi connectivity index (χ3v) is 5.24. The van der Waals surface area contributed by atoms with E-state index in [0.29, 0.717) is 13.2 Å². The zero-order chi connectivity index (χ0) is 15.0. The Labute approximate surface area is 126 Å². The van der Waals surface area contributed by atoms with E-state index in [9.17, 15) is 4.79 Å². The van der Waals surface area contributed by atoms with Gasteiger partial charge in [0.1, 0.15) is 12.2 Å². The van der Waals surface area contributed by atoms with Crippen LogP contribution in [0, 0.1) is 11.8 Å². The molecular formula is C17H26O4. The van der Waals surface area contributed by atoms with Crippen LogP contribution in [0.5, 0.6) is 0 Å². The number of carbonyl (C=O) groups excluding carboxylic acids is 1. The summed E-state index contributed by atoms with van der Waals surface area (Å²) in [6, 6.07) is 0. The third-order valence-electron chi connectivity index (χ3n) is 5.24. The van der Waals surface area contributed by atoms with Gasteiger partial charge in [0.05, 0.1) is 18.1 Å². The van der Waals surface area contributed by atoms with Crippen LogP contribution in [0.2, 0.25) is 0 Å². The molecule has 0 aromatic rings. The average molecular weight is 294 g/mol. The van der Waals surface area contributed by atoms with E-state index in [4.69, 9.17) is 14.2 Å². The van der Waals surface area contributed by atoms with Crippen molar-refractivity contribution in [2.45, 2.75) is 64.3 Å². The van der Waals surface area contributed by atoms with Gasteiger partial charge in [-0.1, -0.05) is 11.6 Å². The number of fused-ring (bicyclic) bond motifs is 3. The smallest absolute Gasteiger partial charge is 0.312 e. The summed E-state index contributed by atoms with van der Waals surface area (Å²) in [7, 11) is 0. The first-order valence-corrected chi connectivity index (χ1v) is 8.17. The van der Waals surface area contributed by atoms with E-state index >= 15 is 0 Å². The van der Waals surface area contributed by atoms with Crippen LogP contribution in [-0.4, -0.2) is 37.0 Å². The lowest BCUT2D eigenvalue weighted by Gasteiger charge is -2.22. The van der Waals surface area contributed by atoms with Crippen molar-refractivity contribution in [1.82, 2.24) is 0 Å². The van der Waals surface area contributed by atoms with Crippen LogP contribution in [0.25, 0.3) is 0 Å². The first kappa shape index (κ1) is 15.0. The second-order valence-corrected chi connectivity index (χ2v) is 6.81. The second kappa shape index (κ2) is 5.73. The minimum atomic E-state index is -0.129. The fraction of sp³-hybridized carbons (Fsp3) is 0.824. The number of carbonyl (C=O) groups is 1. The Balaban J connectivity index is 1.80. The van der Waals surface area contributed by atoms with Crippen LogP contribution in [0.15, 0.2) is 11.6 Å². The van der Waals surface area contributed by atoms with Gasteiger partial charge in [-0.15, -0.1) is 0 Å². The Morgan fingerprint density at radius 2 is 2.29 bits per heavy atom. The van der Waals surface area contributed by atoms with Gasteiger partial charge in [-0.25, -0.2) is 0 Å². The van der Waals surface area contributed by atoms with Crippen LogP contribution in [0.3, 0.4) is 0 Å². The van der Waals surface area contributed by atoms with Crippen molar-refractivity contribution >= 4 is 5.97 Å². The predicted octanol–water partition coefficient (Wildman–Crippen LogP) is 2.86. The maximum atomic E-state index is 12.2. The van der Waals surface area contributed by atoms with Gasteiger partial charge in [-0.2, -0.15) is 0 Å². The van der Waals surface area contributed by atoms with E-state index in [2.05, 4.69) is 19.9 Å².